The van der Waals surface area contributed by atoms with E-state index in [0.717, 1.165) is 16.0 Å². The monoisotopic (exact) mass is 507 g/mol. The van der Waals surface area contributed by atoms with E-state index < -0.39 is 30.0 Å². The van der Waals surface area contributed by atoms with Crippen LogP contribution >= 0.6 is 27.3 Å². The molecule has 2 heterocycles. The van der Waals surface area contributed by atoms with E-state index >= 15 is 0 Å². The summed E-state index contributed by atoms with van der Waals surface area (Å²) in [5, 5.41) is 6.41. The van der Waals surface area contributed by atoms with Crippen molar-refractivity contribution in [3.05, 3.63) is 31.9 Å². The first-order valence-electron chi connectivity index (χ1n) is 8.81. The van der Waals surface area contributed by atoms with Crippen molar-refractivity contribution >= 4 is 50.1 Å². The molecule has 0 saturated heterocycles. The molecule has 0 atom stereocenters. The third kappa shape index (κ3) is 5.04. The number of hydrogen-bond donors (Lipinski definition) is 1. The van der Waals surface area contributed by atoms with Crippen LogP contribution < -0.4 is 5.32 Å². The summed E-state index contributed by atoms with van der Waals surface area (Å²) in [6, 6.07) is 0. The zero-order chi connectivity index (χ0) is 22.6. The lowest BCUT2D eigenvalue weighted by Gasteiger charge is -2.08. The third-order valence-corrected chi connectivity index (χ3v) is 6.24. The normalized spacial score (nSPS) is 10.9. The van der Waals surface area contributed by atoms with Gasteiger partial charge in [-0.1, -0.05) is 6.92 Å². The number of carbonyl (C=O) groups is 3. The molecule has 164 valence electrons. The Morgan fingerprint density at radius 3 is 2.47 bits per heavy atom. The van der Waals surface area contributed by atoms with Gasteiger partial charge >= 0.3 is 11.9 Å². The average Bonchev–Trinajstić information content (AvgIpc) is 3.16. The van der Waals surface area contributed by atoms with Crippen molar-refractivity contribution in [3.63, 3.8) is 0 Å². The molecule has 12 heteroatoms. The number of anilines is 1. The summed E-state index contributed by atoms with van der Waals surface area (Å²) >= 11 is 3.91. The van der Waals surface area contributed by atoms with Crippen molar-refractivity contribution in [3.8, 4) is 0 Å². The van der Waals surface area contributed by atoms with Crippen LogP contribution in [0.3, 0.4) is 0 Å². The number of nitrogens with zero attached hydrogens (tertiary/aromatic N) is 2. The summed E-state index contributed by atoms with van der Waals surface area (Å²) in [5.74, 6) is -1.96. The smallest absolute Gasteiger partial charge is 0.348 e. The highest BCUT2D eigenvalue weighted by molar-refractivity contribution is 9.10. The SMILES string of the molecule is CCCOC(=O)c1c(NC(=O)Cn2nc(C(F)F)c(Br)c2C)sc(C(=O)OC)c1C. The minimum absolute atomic E-state index is 0.0498. The number of thiophene rings is 1. The summed E-state index contributed by atoms with van der Waals surface area (Å²) in [6.07, 6.45) is -2.20. The fourth-order valence-corrected chi connectivity index (χ4v) is 4.13. The van der Waals surface area contributed by atoms with E-state index in [2.05, 4.69) is 26.3 Å². The molecule has 0 saturated carbocycles. The Labute approximate surface area is 183 Å². The van der Waals surface area contributed by atoms with Crippen molar-refractivity contribution in [1.29, 1.82) is 0 Å². The Hall–Kier alpha value is -2.34. The van der Waals surface area contributed by atoms with Gasteiger partial charge in [0.15, 0.2) is 0 Å². The van der Waals surface area contributed by atoms with Crippen molar-refractivity contribution in [2.75, 3.05) is 19.0 Å². The van der Waals surface area contributed by atoms with E-state index in [1.54, 1.807) is 6.92 Å². The summed E-state index contributed by atoms with van der Waals surface area (Å²) in [4.78, 5) is 37.1. The first kappa shape index (κ1) is 23.9. The maximum absolute atomic E-state index is 13.0. The number of methoxy groups -OCH3 is 1. The van der Waals surface area contributed by atoms with Crippen LogP contribution in [0.15, 0.2) is 4.47 Å². The molecule has 0 bridgehead atoms. The number of ether oxygens (including phenoxy) is 2. The molecule has 1 N–H and O–H groups in total. The summed E-state index contributed by atoms with van der Waals surface area (Å²) in [6.45, 7) is 4.71. The van der Waals surface area contributed by atoms with Gasteiger partial charge in [0.1, 0.15) is 22.1 Å². The number of carbonyl (C=O) groups excluding carboxylic acids is 3. The summed E-state index contributed by atoms with van der Waals surface area (Å²) in [7, 11) is 1.20. The Bertz CT molecular complexity index is 974. The number of amides is 1. The van der Waals surface area contributed by atoms with Crippen LogP contribution in [0.2, 0.25) is 0 Å². The van der Waals surface area contributed by atoms with Gasteiger partial charge in [0.05, 0.1) is 29.4 Å². The maximum atomic E-state index is 13.0. The number of esters is 2. The summed E-state index contributed by atoms with van der Waals surface area (Å²) in [5.41, 5.74) is 0.250. The number of alkyl halides is 2. The Balaban J connectivity index is 2.32. The summed E-state index contributed by atoms with van der Waals surface area (Å²) < 4.78 is 37.1. The van der Waals surface area contributed by atoms with Gasteiger partial charge in [-0.3, -0.25) is 9.48 Å². The second-order valence-electron chi connectivity index (χ2n) is 6.18. The zero-order valence-corrected chi connectivity index (χ0v) is 19.1. The lowest BCUT2D eigenvalue weighted by atomic mass is 10.1. The number of hydrogen-bond acceptors (Lipinski definition) is 7. The molecule has 2 rings (SSSR count). The molecule has 2 aromatic heterocycles. The van der Waals surface area contributed by atoms with Gasteiger partial charge in [-0.25, -0.2) is 18.4 Å². The van der Waals surface area contributed by atoms with Crippen LogP contribution in [0.1, 0.15) is 56.8 Å². The lowest BCUT2D eigenvalue weighted by molar-refractivity contribution is -0.116. The van der Waals surface area contributed by atoms with E-state index in [9.17, 15) is 23.2 Å². The van der Waals surface area contributed by atoms with Crippen LogP contribution in [0.5, 0.6) is 0 Å². The van der Waals surface area contributed by atoms with Gasteiger partial charge in [-0.15, -0.1) is 11.3 Å². The molecular formula is C18H20BrF2N3O5S. The highest BCUT2D eigenvalue weighted by Gasteiger charge is 2.28. The van der Waals surface area contributed by atoms with Crippen LogP contribution in [0.4, 0.5) is 13.8 Å². The third-order valence-electron chi connectivity index (χ3n) is 4.07. The van der Waals surface area contributed by atoms with Crippen molar-refractivity contribution < 1.29 is 32.6 Å². The fourth-order valence-electron chi connectivity index (χ4n) is 2.54. The molecule has 0 radical (unpaired) electrons. The van der Waals surface area contributed by atoms with Crippen molar-refractivity contribution in [2.24, 2.45) is 0 Å². The number of rotatable bonds is 8. The molecule has 0 aromatic carbocycles. The molecule has 1 amide bonds. The molecule has 0 fully saturated rings. The maximum Gasteiger partial charge on any atom is 0.348 e. The fraction of sp³-hybridized carbons (Fsp3) is 0.444. The first-order chi connectivity index (χ1) is 14.1. The van der Waals surface area contributed by atoms with Gasteiger partial charge < -0.3 is 14.8 Å². The minimum atomic E-state index is -2.80. The van der Waals surface area contributed by atoms with Crippen molar-refractivity contribution in [1.82, 2.24) is 9.78 Å². The van der Waals surface area contributed by atoms with E-state index in [4.69, 9.17) is 9.47 Å². The van der Waals surface area contributed by atoms with Crippen LogP contribution in [-0.4, -0.2) is 41.3 Å². The van der Waals surface area contributed by atoms with Crippen LogP contribution in [0, 0.1) is 13.8 Å². The predicted octanol–water partition coefficient (Wildman–Crippen LogP) is 4.25. The molecule has 0 unspecified atom stereocenters. The second-order valence-corrected chi connectivity index (χ2v) is 7.99. The molecular weight excluding hydrogens is 488 g/mol. The largest absolute Gasteiger partial charge is 0.465 e. The average molecular weight is 508 g/mol. The Morgan fingerprint density at radius 2 is 1.93 bits per heavy atom. The number of halogens is 3. The minimum Gasteiger partial charge on any atom is -0.465 e. The van der Waals surface area contributed by atoms with E-state index in [1.165, 1.54) is 14.0 Å². The van der Waals surface area contributed by atoms with E-state index in [0.29, 0.717) is 17.7 Å². The van der Waals surface area contributed by atoms with Gasteiger partial charge in [-0.05, 0) is 41.8 Å². The first-order valence-corrected chi connectivity index (χ1v) is 10.4. The lowest BCUT2D eigenvalue weighted by Crippen LogP contribution is -2.21. The molecule has 0 aliphatic rings. The molecule has 0 spiro atoms. The Morgan fingerprint density at radius 1 is 1.27 bits per heavy atom. The Kier molecular flexibility index (Phi) is 8.07. The standard InChI is InChI=1S/C18H20BrF2N3O5S/c1-5-6-29-17(26)11-8(2)14(18(27)28-4)30-16(11)22-10(25)7-24-9(3)12(19)13(23-24)15(20)21/h15H,5-7H2,1-4H3,(H,22,25). The molecule has 2 aromatic rings. The van der Waals surface area contributed by atoms with Crippen LogP contribution in [0.25, 0.3) is 0 Å². The van der Waals surface area contributed by atoms with Crippen molar-refractivity contribution in [2.45, 2.75) is 40.2 Å². The highest BCUT2D eigenvalue weighted by Crippen LogP contribution is 2.34. The number of aromatic nitrogens is 2. The highest BCUT2D eigenvalue weighted by atomic mass is 79.9. The molecule has 0 aliphatic heterocycles. The van der Waals surface area contributed by atoms with E-state index in [-0.39, 0.29) is 33.1 Å². The van der Waals surface area contributed by atoms with Gasteiger partial charge in [0.25, 0.3) is 6.43 Å². The van der Waals surface area contributed by atoms with Gasteiger partial charge in [0, 0.05) is 0 Å². The van der Waals surface area contributed by atoms with Crippen LogP contribution in [-0.2, 0) is 20.8 Å². The molecule has 0 aliphatic carbocycles. The topological polar surface area (TPSA) is 99.5 Å². The predicted molar refractivity (Wildman–Crippen MR) is 109 cm³/mol. The van der Waals surface area contributed by atoms with Gasteiger partial charge in [-0.2, -0.15) is 5.10 Å². The number of nitrogens with one attached hydrogen (secondary N) is 1. The second kappa shape index (κ2) is 10.1. The quantitative estimate of drug-likeness (QED) is 0.536. The van der Waals surface area contributed by atoms with E-state index in [1.807, 2.05) is 6.92 Å². The molecule has 30 heavy (non-hydrogen) atoms. The zero-order valence-electron chi connectivity index (χ0n) is 16.7. The van der Waals surface area contributed by atoms with Gasteiger partial charge in [0.2, 0.25) is 5.91 Å². The molecule has 8 nitrogen and oxygen atoms in total.